The minimum atomic E-state index is 0.142. The Hall–Kier alpha value is -1.35. The zero-order chi connectivity index (χ0) is 14.6. The molecule has 2 rings (SSSR count). The Bertz CT molecular complexity index is 552. The van der Waals surface area contributed by atoms with Crippen LogP contribution < -0.4 is 5.32 Å². The molecule has 1 aromatic heterocycles. The fraction of sp³-hybridized carbons (Fsp3) is 0.471. The summed E-state index contributed by atoms with van der Waals surface area (Å²) >= 11 is 1.75. The molecule has 0 bridgehead atoms. The third-order valence-corrected chi connectivity index (χ3v) is 4.51. The molecule has 0 amide bonds. The van der Waals surface area contributed by atoms with E-state index in [-0.39, 0.29) is 5.41 Å². The van der Waals surface area contributed by atoms with Gasteiger partial charge in [-0.1, -0.05) is 52.3 Å². The number of nitrogens with one attached hydrogen (secondary N) is 1. The number of aromatic nitrogens is 1. The molecule has 1 heterocycles. The zero-order valence-electron chi connectivity index (χ0n) is 12.9. The van der Waals surface area contributed by atoms with Gasteiger partial charge in [-0.2, -0.15) is 0 Å². The minimum Gasteiger partial charge on any atom is -0.379 e. The van der Waals surface area contributed by atoms with E-state index in [0.29, 0.717) is 0 Å². The number of hydrogen-bond donors (Lipinski definition) is 1. The quantitative estimate of drug-likeness (QED) is 0.837. The van der Waals surface area contributed by atoms with E-state index in [4.69, 9.17) is 4.98 Å². The fourth-order valence-electron chi connectivity index (χ4n) is 2.10. The van der Waals surface area contributed by atoms with Crippen LogP contribution in [0.5, 0.6) is 0 Å². The summed E-state index contributed by atoms with van der Waals surface area (Å²) in [4.78, 5) is 4.73. The van der Waals surface area contributed by atoms with Crippen molar-refractivity contribution in [3.8, 4) is 0 Å². The molecule has 1 N–H and O–H groups in total. The Morgan fingerprint density at radius 3 is 2.60 bits per heavy atom. The highest BCUT2D eigenvalue weighted by Gasteiger charge is 2.17. The number of hydrogen-bond acceptors (Lipinski definition) is 3. The number of para-hydroxylation sites is 1. The van der Waals surface area contributed by atoms with Crippen molar-refractivity contribution >= 4 is 17.0 Å². The van der Waals surface area contributed by atoms with Crippen molar-refractivity contribution in [1.82, 2.24) is 4.98 Å². The SMILES string of the molecule is CCCc1ccccc1NCc1csc(C(C)(C)C)n1. The van der Waals surface area contributed by atoms with E-state index >= 15 is 0 Å². The predicted octanol–water partition coefficient (Wildman–Crippen LogP) is 5.01. The van der Waals surface area contributed by atoms with Crippen LogP contribution >= 0.6 is 11.3 Å². The lowest BCUT2D eigenvalue weighted by atomic mass is 9.98. The number of thiazole rings is 1. The molecule has 3 heteroatoms. The topological polar surface area (TPSA) is 24.9 Å². The van der Waals surface area contributed by atoms with Crippen molar-refractivity contribution in [2.45, 2.75) is 52.5 Å². The van der Waals surface area contributed by atoms with Crippen LogP contribution in [-0.4, -0.2) is 4.98 Å². The third-order valence-electron chi connectivity index (χ3n) is 3.19. The molecule has 0 spiro atoms. The summed E-state index contributed by atoms with van der Waals surface area (Å²) in [5.74, 6) is 0. The van der Waals surface area contributed by atoms with E-state index in [9.17, 15) is 0 Å². The van der Waals surface area contributed by atoms with Gasteiger partial charge in [-0.15, -0.1) is 11.3 Å². The second-order valence-corrected chi connectivity index (χ2v) is 7.01. The molecular weight excluding hydrogens is 264 g/mol. The normalized spacial score (nSPS) is 11.6. The molecule has 0 unspecified atom stereocenters. The van der Waals surface area contributed by atoms with Gasteiger partial charge in [0.25, 0.3) is 0 Å². The van der Waals surface area contributed by atoms with E-state index in [2.05, 4.69) is 62.7 Å². The smallest absolute Gasteiger partial charge is 0.0982 e. The van der Waals surface area contributed by atoms with Crippen LogP contribution in [0, 0.1) is 0 Å². The third kappa shape index (κ3) is 3.83. The van der Waals surface area contributed by atoms with Gasteiger partial charge in [-0.25, -0.2) is 4.98 Å². The van der Waals surface area contributed by atoms with E-state index in [1.54, 1.807) is 11.3 Å². The van der Waals surface area contributed by atoms with Gasteiger partial charge >= 0.3 is 0 Å². The van der Waals surface area contributed by atoms with Gasteiger partial charge in [-0.05, 0) is 18.1 Å². The van der Waals surface area contributed by atoms with Gasteiger partial charge in [0.05, 0.1) is 17.2 Å². The molecule has 2 aromatic rings. The number of aryl methyl sites for hydroxylation is 1. The van der Waals surface area contributed by atoms with Crippen LogP contribution in [0.2, 0.25) is 0 Å². The number of benzene rings is 1. The van der Waals surface area contributed by atoms with E-state index in [1.165, 1.54) is 22.7 Å². The molecule has 0 aliphatic heterocycles. The van der Waals surface area contributed by atoms with Crippen LogP contribution in [0.3, 0.4) is 0 Å². The Balaban J connectivity index is 2.04. The lowest BCUT2D eigenvalue weighted by Gasteiger charge is -2.14. The summed E-state index contributed by atoms with van der Waals surface area (Å²) in [7, 11) is 0. The van der Waals surface area contributed by atoms with Crippen LogP contribution in [-0.2, 0) is 18.4 Å². The van der Waals surface area contributed by atoms with Gasteiger partial charge in [0.1, 0.15) is 0 Å². The average molecular weight is 288 g/mol. The highest BCUT2D eigenvalue weighted by atomic mass is 32.1. The molecule has 0 atom stereocenters. The minimum absolute atomic E-state index is 0.142. The van der Waals surface area contributed by atoms with Crippen LogP contribution in [0.1, 0.15) is 50.4 Å². The Labute approximate surface area is 126 Å². The Morgan fingerprint density at radius 2 is 1.95 bits per heavy atom. The van der Waals surface area contributed by atoms with Crippen molar-refractivity contribution in [1.29, 1.82) is 0 Å². The molecule has 108 valence electrons. The second kappa shape index (κ2) is 6.40. The molecule has 0 aliphatic carbocycles. The molecule has 0 aliphatic rings. The van der Waals surface area contributed by atoms with Crippen molar-refractivity contribution in [2.75, 3.05) is 5.32 Å². The Morgan fingerprint density at radius 1 is 1.20 bits per heavy atom. The molecule has 0 fully saturated rings. The largest absolute Gasteiger partial charge is 0.379 e. The van der Waals surface area contributed by atoms with Crippen LogP contribution in [0.4, 0.5) is 5.69 Å². The highest BCUT2D eigenvalue weighted by Crippen LogP contribution is 2.26. The highest BCUT2D eigenvalue weighted by molar-refractivity contribution is 7.09. The Kier molecular flexibility index (Phi) is 4.81. The second-order valence-electron chi connectivity index (χ2n) is 6.15. The first kappa shape index (κ1) is 15.0. The monoisotopic (exact) mass is 288 g/mol. The predicted molar refractivity (Wildman–Crippen MR) is 88.6 cm³/mol. The van der Waals surface area contributed by atoms with Gasteiger partial charge < -0.3 is 5.32 Å². The van der Waals surface area contributed by atoms with Crippen molar-refractivity contribution in [3.05, 3.63) is 45.9 Å². The van der Waals surface area contributed by atoms with Crippen molar-refractivity contribution in [2.24, 2.45) is 0 Å². The first-order valence-electron chi connectivity index (χ1n) is 7.27. The average Bonchev–Trinajstić information content (AvgIpc) is 2.87. The molecule has 2 nitrogen and oxygen atoms in total. The zero-order valence-corrected chi connectivity index (χ0v) is 13.7. The lowest BCUT2D eigenvalue weighted by Crippen LogP contribution is -2.11. The van der Waals surface area contributed by atoms with Crippen LogP contribution in [0.25, 0.3) is 0 Å². The maximum absolute atomic E-state index is 4.73. The maximum Gasteiger partial charge on any atom is 0.0982 e. The van der Waals surface area contributed by atoms with Gasteiger partial charge in [0.2, 0.25) is 0 Å². The van der Waals surface area contributed by atoms with Crippen molar-refractivity contribution < 1.29 is 0 Å². The van der Waals surface area contributed by atoms with Crippen LogP contribution in [0.15, 0.2) is 29.6 Å². The number of anilines is 1. The number of rotatable bonds is 5. The van der Waals surface area contributed by atoms with Gasteiger partial charge in [0, 0.05) is 16.5 Å². The van der Waals surface area contributed by atoms with E-state index in [0.717, 1.165) is 18.7 Å². The van der Waals surface area contributed by atoms with Gasteiger partial charge in [-0.3, -0.25) is 0 Å². The maximum atomic E-state index is 4.73. The standard InChI is InChI=1S/C17H24N2S/c1-5-8-13-9-6-7-10-15(13)18-11-14-12-20-16(19-14)17(2,3)4/h6-7,9-10,12,18H,5,8,11H2,1-4H3. The molecule has 0 saturated heterocycles. The summed E-state index contributed by atoms with van der Waals surface area (Å²) < 4.78 is 0. The van der Waals surface area contributed by atoms with E-state index in [1.807, 2.05) is 0 Å². The van der Waals surface area contributed by atoms with Gasteiger partial charge in [0.15, 0.2) is 0 Å². The summed E-state index contributed by atoms with van der Waals surface area (Å²) in [5.41, 5.74) is 3.90. The summed E-state index contributed by atoms with van der Waals surface area (Å²) in [6.07, 6.45) is 2.29. The van der Waals surface area contributed by atoms with E-state index < -0.39 is 0 Å². The molecular formula is C17H24N2S. The molecule has 0 radical (unpaired) electrons. The summed E-state index contributed by atoms with van der Waals surface area (Å²) in [6, 6.07) is 8.55. The molecule has 20 heavy (non-hydrogen) atoms. The molecule has 1 aromatic carbocycles. The fourth-order valence-corrected chi connectivity index (χ4v) is 3.01. The summed E-state index contributed by atoms with van der Waals surface area (Å²) in [5, 5.41) is 6.89. The molecule has 0 saturated carbocycles. The first-order valence-corrected chi connectivity index (χ1v) is 8.15. The summed E-state index contributed by atoms with van der Waals surface area (Å²) in [6.45, 7) is 9.64. The lowest BCUT2D eigenvalue weighted by molar-refractivity contribution is 0.583. The van der Waals surface area contributed by atoms with Crippen molar-refractivity contribution in [3.63, 3.8) is 0 Å². The first-order chi connectivity index (χ1) is 9.50. The number of nitrogens with zero attached hydrogens (tertiary/aromatic N) is 1.